The van der Waals surface area contributed by atoms with E-state index in [-0.39, 0.29) is 42.1 Å². The molecule has 2 aliphatic rings. The van der Waals surface area contributed by atoms with Crippen LogP contribution in [0.5, 0.6) is 0 Å². The summed E-state index contributed by atoms with van der Waals surface area (Å²) in [6.07, 6.45) is 4.41. The largest absolute Gasteiger partial charge is 0.340 e. The number of halogens is 1. The Labute approximate surface area is 171 Å². The summed E-state index contributed by atoms with van der Waals surface area (Å²) in [5, 5.41) is -0.444. The van der Waals surface area contributed by atoms with E-state index in [0.29, 0.717) is 5.02 Å². The first-order chi connectivity index (χ1) is 13.2. The minimum Gasteiger partial charge on any atom is -0.340 e. The highest BCUT2D eigenvalue weighted by atomic mass is 35.5. The van der Waals surface area contributed by atoms with Gasteiger partial charge in [0.05, 0.1) is 15.4 Å². The van der Waals surface area contributed by atoms with Crippen LogP contribution >= 0.6 is 11.6 Å². The van der Waals surface area contributed by atoms with Gasteiger partial charge in [-0.05, 0) is 31.0 Å². The molecule has 1 heterocycles. The SMILES string of the molecule is O=C(CCNS(=O)(=O)c1cccc(Cl)c1)N1CC(S(=O)(=O)C2CCCCC2)C1. The van der Waals surface area contributed by atoms with Crippen molar-refractivity contribution in [1.82, 2.24) is 9.62 Å². The van der Waals surface area contributed by atoms with Crippen LogP contribution in [-0.4, -0.2) is 57.8 Å². The van der Waals surface area contributed by atoms with Gasteiger partial charge in [0.25, 0.3) is 0 Å². The number of likely N-dealkylation sites (tertiary alicyclic amines) is 1. The van der Waals surface area contributed by atoms with Gasteiger partial charge in [0.2, 0.25) is 15.9 Å². The third-order valence-corrected chi connectivity index (χ3v) is 9.74. The molecule has 1 aliphatic carbocycles. The van der Waals surface area contributed by atoms with Crippen molar-refractivity contribution in [1.29, 1.82) is 0 Å². The first-order valence-electron chi connectivity index (χ1n) is 9.46. The van der Waals surface area contributed by atoms with Gasteiger partial charge in [-0.15, -0.1) is 0 Å². The van der Waals surface area contributed by atoms with Gasteiger partial charge in [0, 0.05) is 31.1 Å². The van der Waals surface area contributed by atoms with Crippen molar-refractivity contribution in [3.8, 4) is 0 Å². The summed E-state index contributed by atoms with van der Waals surface area (Å²) in [5.41, 5.74) is 0. The number of nitrogens with one attached hydrogen (secondary N) is 1. The van der Waals surface area contributed by atoms with Crippen molar-refractivity contribution in [2.45, 2.75) is 53.9 Å². The highest BCUT2D eigenvalue weighted by molar-refractivity contribution is 7.92. The molecule has 1 saturated heterocycles. The topological polar surface area (TPSA) is 101 Å². The van der Waals surface area contributed by atoms with Gasteiger partial charge in [0.1, 0.15) is 0 Å². The van der Waals surface area contributed by atoms with E-state index in [1.807, 2.05) is 0 Å². The molecule has 0 atom stereocenters. The maximum atomic E-state index is 12.6. The van der Waals surface area contributed by atoms with Crippen molar-refractivity contribution in [2.75, 3.05) is 19.6 Å². The molecule has 1 saturated carbocycles. The zero-order valence-electron chi connectivity index (χ0n) is 15.5. The molecule has 0 aromatic heterocycles. The molecule has 0 radical (unpaired) electrons. The van der Waals surface area contributed by atoms with Gasteiger partial charge in [0.15, 0.2) is 9.84 Å². The van der Waals surface area contributed by atoms with Crippen LogP contribution in [-0.2, 0) is 24.7 Å². The second kappa shape index (κ2) is 8.69. The average Bonchev–Trinajstić information content (AvgIpc) is 2.61. The van der Waals surface area contributed by atoms with E-state index in [1.165, 1.54) is 23.1 Å². The van der Waals surface area contributed by atoms with Gasteiger partial charge in [-0.3, -0.25) is 4.79 Å². The summed E-state index contributed by atoms with van der Waals surface area (Å²) >= 11 is 5.81. The zero-order valence-corrected chi connectivity index (χ0v) is 17.9. The van der Waals surface area contributed by atoms with Crippen LogP contribution in [0.2, 0.25) is 5.02 Å². The lowest BCUT2D eigenvalue weighted by molar-refractivity contribution is -0.134. The molecule has 2 fully saturated rings. The van der Waals surface area contributed by atoms with Crippen molar-refractivity contribution in [3.63, 3.8) is 0 Å². The van der Waals surface area contributed by atoms with Crippen LogP contribution in [0, 0.1) is 0 Å². The summed E-state index contributed by atoms with van der Waals surface area (Å²) < 4.78 is 52.0. The Hall–Kier alpha value is -1.16. The maximum Gasteiger partial charge on any atom is 0.240 e. The molecule has 0 unspecified atom stereocenters. The molecule has 28 heavy (non-hydrogen) atoms. The van der Waals surface area contributed by atoms with E-state index in [2.05, 4.69) is 4.72 Å². The number of benzene rings is 1. The van der Waals surface area contributed by atoms with Crippen molar-refractivity contribution >= 4 is 37.4 Å². The minimum absolute atomic E-state index is 0.0179. The molecule has 1 N–H and O–H groups in total. The summed E-state index contributed by atoms with van der Waals surface area (Å²) in [6.45, 7) is 0.363. The first kappa shape index (κ1) is 21.5. The number of sulfonamides is 1. The number of hydrogen-bond donors (Lipinski definition) is 1. The Bertz CT molecular complexity index is 921. The van der Waals surface area contributed by atoms with Gasteiger partial charge in [-0.2, -0.15) is 0 Å². The molecule has 10 heteroatoms. The zero-order chi connectivity index (χ0) is 20.4. The third-order valence-electron chi connectivity index (χ3n) is 5.42. The van der Waals surface area contributed by atoms with Gasteiger partial charge < -0.3 is 4.90 Å². The quantitative estimate of drug-likeness (QED) is 0.687. The van der Waals surface area contributed by atoms with E-state index >= 15 is 0 Å². The van der Waals surface area contributed by atoms with Crippen LogP contribution in [0.3, 0.4) is 0 Å². The second-order valence-corrected chi connectivity index (χ2v) is 12.1. The van der Waals surface area contributed by atoms with Gasteiger partial charge in [-0.25, -0.2) is 21.6 Å². The second-order valence-electron chi connectivity index (χ2n) is 7.37. The fourth-order valence-electron chi connectivity index (χ4n) is 3.68. The van der Waals surface area contributed by atoms with E-state index in [4.69, 9.17) is 11.6 Å². The monoisotopic (exact) mass is 448 g/mol. The van der Waals surface area contributed by atoms with E-state index in [9.17, 15) is 21.6 Å². The number of rotatable bonds is 7. The lowest BCUT2D eigenvalue weighted by atomic mass is 10.0. The number of carbonyl (C=O) groups is 1. The summed E-state index contributed by atoms with van der Waals surface area (Å²) in [5.74, 6) is -0.246. The summed E-state index contributed by atoms with van der Waals surface area (Å²) in [6, 6.07) is 5.87. The Balaban J connectivity index is 1.45. The number of amides is 1. The fraction of sp³-hybridized carbons (Fsp3) is 0.611. The molecule has 3 rings (SSSR count). The molecular weight excluding hydrogens is 424 g/mol. The number of hydrogen-bond acceptors (Lipinski definition) is 5. The molecule has 1 aromatic carbocycles. The van der Waals surface area contributed by atoms with Crippen LogP contribution in [0.4, 0.5) is 0 Å². The number of nitrogens with zero attached hydrogens (tertiary/aromatic N) is 1. The Morgan fingerprint density at radius 3 is 2.39 bits per heavy atom. The minimum atomic E-state index is -3.74. The lowest BCUT2D eigenvalue weighted by Crippen LogP contribution is -2.59. The lowest BCUT2D eigenvalue weighted by Gasteiger charge is -2.41. The smallest absolute Gasteiger partial charge is 0.240 e. The van der Waals surface area contributed by atoms with Crippen LogP contribution in [0.15, 0.2) is 29.2 Å². The molecule has 1 aliphatic heterocycles. The molecule has 1 amide bonds. The van der Waals surface area contributed by atoms with Gasteiger partial charge in [-0.1, -0.05) is 36.9 Å². The number of sulfone groups is 1. The van der Waals surface area contributed by atoms with Crippen LogP contribution < -0.4 is 4.72 Å². The van der Waals surface area contributed by atoms with Crippen molar-refractivity contribution in [2.24, 2.45) is 0 Å². The highest BCUT2D eigenvalue weighted by Gasteiger charge is 2.43. The predicted molar refractivity (Wildman–Crippen MR) is 107 cm³/mol. The molecule has 0 spiro atoms. The molecule has 156 valence electrons. The molecule has 1 aromatic rings. The Morgan fingerprint density at radius 1 is 1.07 bits per heavy atom. The van der Waals surface area contributed by atoms with Crippen LogP contribution in [0.25, 0.3) is 0 Å². The van der Waals surface area contributed by atoms with E-state index < -0.39 is 25.1 Å². The fourth-order valence-corrected chi connectivity index (χ4v) is 7.33. The Morgan fingerprint density at radius 2 is 1.75 bits per heavy atom. The summed E-state index contributed by atoms with van der Waals surface area (Å²) in [4.78, 5) is 13.7. The first-order valence-corrected chi connectivity index (χ1v) is 12.9. The average molecular weight is 449 g/mol. The molecule has 0 bridgehead atoms. The van der Waals surface area contributed by atoms with Crippen LogP contribution in [0.1, 0.15) is 38.5 Å². The van der Waals surface area contributed by atoms with E-state index in [1.54, 1.807) is 6.07 Å². The van der Waals surface area contributed by atoms with Crippen molar-refractivity contribution in [3.05, 3.63) is 29.3 Å². The Kier molecular flexibility index (Phi) is 6.69. The predicted octanol–water partition coefficient (Wildman–Crippen LogP) is 1.97. The van der Waals surface area contributed by atoms with Gasteiger partial charge >= 0.3 is 0 Å². The third kappa shape index (κ3) is 4.87. The summed E-state index contributed by atoms with van der Waals surface area (Å²) in [7, 11) is -6.94. The normalized spacial score (nSPS) is 19.4. The number of carbonyl (C=O) groups excluding carboxylic acids is 1. The standard InChI is InChI=1S/C18H25ClN2O5S2/c19-14-5-4-8-16(11-14)28(25,26)20-10-9-18(22)21-12-17(13-21)27(23,24)15-6-2-1-3-7-15/h4-5,8,11,15,17,20H,1-3,6-7,9-10,12-13H2. The molecular formula is C18H25ClN2O5S2. The highest BCUT2D eigenvalue weighted by Crippen LogP contribution is 2.30. The van der Waals surface area contributed by atoms with Crippen molar-refractivity contribution < 1.29 is 21.6 Å². The van der Waals surface area contributed by atoms with E-state index in [0.717, 1.165) is 32.1 Å². The maximum absolute atomic E-state index is 12.6. The molecule has 7 nitrogen and oxygen atoms in total.